The predicted octanol–water partition coefficient (Wildman–Crippen LogP) is 4.93. The number of carbonyl (C=O) groups is 5. The van der Waals surface area contributed by atoms with Gasteiger partial charge in [-0.3, -0.25) is 24.0 Å². The minimum Gasteiger partial charge on any atom is -0.472 e. The molecule has 0 aromatic carbocycles. The van der Waals surface area contributed by atoms with Crippen molar-refractivity contribution >= 4 is 29.7 Å². The number of carbonyl (C=O) groups excluding carboxylic acids is 5. The van der Waals surface area contributed by atoms with Gasteiger partial charge in [0.15, 0.2) is 18.0 Å². The molecule has 3 aliphatic heterocycles. The van der Waals surface area contributed by atoms with Crippen LogP contribution in [0.25, 0.3) is 0 Å². The van der Waals surface area contributed by atoms with Crippen LogP contribution in [0.1, 0.15) is 105 Å². The number of esters is 4. The molecule has 0 amide bonds. The molecule has 13 nitrogen and oxygen atoms in total. The molecule has 2 spiro atoms. The highest BCUT2D eigenvalue weighted by molar-refractivity contribution is 6.00. The second kappa shape index (κ2) is 10.7. The largest absolute Gasteiger partial charge is 0.472 e. The fourth-order valence-electron chi connectivity index (χ4n) is 12.0. The van der Waals surface area contributed by atoms with Crippen molar-refractivity contribution in [2.45, 2.75) is 136 Å². The fraction of sp³-hybridized carbons (Fsp3) is 0.763. The number of methoxy groups -OCH3 is 1. The van der Waals surface area contributed by atoms with Crippen molar-refractivity contribution in [2.75, 3.05) is 7.11 Å². The normalized spacial score (nSPS) is 44.4. The van der Waals surface area contributed by atoms with Crippen molar-refractivity contribution in [1.82, 2.24) is 0 Å². The van der Waals surface area contributed by atoms with Gasteiger partial charge < -0.3 is 37.6 Å². The summed E-state index contributed by atoms with van der Waals surface area (Å²) in [6.45, 7) is 17.7. The SMILES string of the molecule is CCC12OC3(C)OC14C(C(C)(C)C(=O)c1ccoc1)CC(=O)OC4C1(OC(=O)C(C)C)C(OC(=O)C(C)C)C4(C)CC1(O3)C2(C)C4CC(=O)OC. The summed E-state index contributed by atoms with van der Waals surface area (Å²) in [5.41, 5.74) is -10.2. The number of ether oxygens (including phenoxy) is 7. The predicted molar refractivity (Wildman–Crippen MR) is 174 cm³/mol. The zero-order chi connectivity index (χ0) is 37.5. The standard InChI is InChI=1S/C38H50O13/c1-12-35-33(9)23(16-24(39)44-11)32(8)18-36(33)38(48-28(43)20(4)5,29(32)47-27(42)19(2)3)30-37(35,51-34(10,49-35)50-36)22(15-25(40)46-30)31(6,7)26(41)21-13-14-45-17-21/h13-14,17,19-20,22-23,29-30H,12,15-16,18H2,1-11H3. The van der Waals surface area contributed by atoms with E-state index in [1.165, 1.54) is 19.6 Å². The smallest absolute Gasteiger partial charge is 0.309 e. The van der Waals surface area contributed by atoms with Gasteiger partial charge in [0.1, 0.15) is 23.1 Å². The molecule has 3 saturated heterocycles. The van der Waals surface area contributed by atoms with Gasteiger partial charge in [-0.2, -0.15) is 0 Å². The summed E-state index contributed by atoms with van der Waals surface area (Å²) in [5, 5.41) is 0. The van der Waals surface area contributed by atoms with Crippen LogP contribution >= 0.6 is 0 Å². The van der Waals surface area contributed by atoms with Gasteiger partial charge in [-0.05, 0) is 24.8 Å². The zero-order valence-corrected chi connectivity index (χ0v) is 31.3. The van der Waals surface area contributed by atoms with Crippen molar-refractivity contribution in [3.05, 3.63) is 24.2 Å². The monoisotopic (exact) mass is 714 g/mol. The van der Waals surface area contributed by atoms with Gasteiger partial charge in [0.2, 0.25) is 5.60 Å². The molecule has 1 aromatic rings. The molecule has 11 unspecified atom stereocenters. The molecule has 4 heterocycles. The highest BCUT2D eigenvalue weighted by Gasteiger charge is 3.04. The van der Waals surface area contributed by atoms with Gasteiger partial charge in [0.25, 0.3) is 5.97 Å². The average molecular weight is 715 g/mol. The first-order valence-electron chi connectivity index (χ1n) is 18.0. The molecule has 13 heteroatoms. The molecular weight excluding hydrogens is 664 g/mol. The Bertz CT molecular complexity index is 1700. The molecule has 6 fully saturated rings. The third kappa shape index (κ3) is 3.85. The molecule has 7 rings (SSSR count). The van der Waals surface area contributed by atoms with Crippen LogP contribution in [0.15, 0.2) is 23.0 Å². The van der Waals surface area contributed by atoms with Crippen LogP contribution in [0.2, 0.25) is 0 Å². The maximum Gasteiger partial charge on any atom is 0.309 e. The number of hydrogen-bond acceptors (Lipinski definition) is 13. The van der Waals surface area contributed by atoms with Gasteiger partial charge in [0, 0.05) is 35.5 Å². The Morgan fingerprint density at radius 1 is 1.00 bits per heavy atom. The molecular formula is C38H50O13. The van der Waals surface area contributed by atoms with E-state index < -0.39 is 104 Å². The summed E-state index contributed by atoms with van der Waals surface area (Å²) in [6.07, 6.45) is 0.0140. The molecule has 3 saturated carbocycles. The highest BCUT2D eigenvalue weighted by atomic mass is 16.9. The topological polar surface area (TPSA) is 163 Å². The number of Topliss-reactive ketones (excluding diaryl/α,β-unsaturated/α-hetero) is 1. The van der Waals surface area contributed by atoms with Crippen molar-refractivity contribution < 1.29 is 61.5 Å². The molecule has 1 aromatic heterocycles. The minimum absolute atomic E-state index is 0.122. The van der Waals surface area contributed by atoms with E-state index >= 15 is 0 Å². The third-order valence-electron chi connectivity index (χ3n) is 13.8. The lowest BCUT2D eigenvalue weighted by Gasteiger charge is -2.75. The fourth-order valence-corrected chi connectivity index (χ4v) is 12.0. The Hall–Kier alpha value is -3.29. The summed E-state index contributed by atoms with van der Waals surface area (Å²) in [6, 6.07) is 1.56. The maximum absolute atomic E-state index is 14.5. The van der Waals surface area contributed by atoms with E-state index in [1.54, 1.807) is 54.5 Å². The molecule has 3 aliphatic carbocycles. The quantitative estimate of drug-likeness (QED) is 0.182. The number of ketones is 1. The Morgan fingerprint density at radius 2 is 1.67 bits per heavy atom. The number of rotatable bonds is 10. The van der Waals surface area contributed by atoms with E-state index in [0.717, 1.165) is 0 Å². The van der Waals surface area contributed by atoms with Crippen molar-refractivity contribution in [3.63, 3.8) is 0 Å². The molecule has 0 radical (unpaired) electrons. The number of fused-ring (bicyclic) bond motifs is 3. The first kappa shape index (κ1) is 36.1. The van der Waals surface area contributed by atoms with Crippen LogP contribution in [0, 0.1) is 39.9 Å². The van der Waals surface area contributed by atoms with E-state index in [-0.39, 0.29) is 31.5 Å². The molecule has 280 valence electrons. The molecule has 11 atom stereocenters. The third-order valence-corrected chi connectivity index (χ3v) is 13.8. The Labute approximate surface area is 297 Å². The molecule has 4 bridgehead atoms. The van der Waals surface area contributed by atoms with Gasteiger partial charge >= 0.3 is 23.9 Å². The van der Waals surface area contributed by atoms with Crippen molar-refractivity contribution in [2.24, 2.45) is 39.9 Å². The lowest BCUT2D eigenvalue weighted by Crippen LogP contribution is -2.94. The summed E-state index contributed by atoms with van der Waals surface area (Å²) < 4.78 is 51.9. The van der Waals surface area contributed by atoms with Crippen LogP contribution in [0.5, 0.6) is 0 Å². The lowest BCUT2D eigenvalue weighted by atomic mass is 9.35. The summed E-state index contributed by atoms with van der Waals surface area (Å²) in [5.74, 6) is -7.37. The Kier molecular flexibility index (Phi) is 7.54. The minimum atomic E-state index is -2.00. The summed E-state index contributed by atoms with van der Waals surface area (Å²) in [4.78, 5) is 70.1. The van der Waals surface area contributed by atoms with Gasteiger partial charge in [0.05, 0.1) is 37.2 Å². The molecule has 51 heavy (non-hydrogen) atoms. The zero-order valence-electron chi connectivity index (χ0n) is 31.3. The second-order valence-corrected chi connectivity index (χ2v) is 17.2. The van der Waals surface area contributed by atoms with Gasteiger partial charge in [-0.25, -0.2) is 0 Å². The van der Waals surface area contributed by atoms with Gasteiger partial charge in [-0.15, -0.1) is 0 Å². The Morgan fingerprint density at radius 3 is 2.24 bits per heavy atom. The van der Waals surface area contributed by atoms with Crippen LogP contribution in [0.3, 0.4) is 0 Å². The maximum atomic E-state index is 14.5. The molecule has 0 N–H and O–H groups in total. The molecule has 6 aliphatic rings. The first-order chi connectivity index (χ1) is 23.6. The van der Waals surface area contributed by atoms with Crippen molar-refractivity contribution in [3.8, 4) is 0 Å². The number of hydrogen-bond donors (Lipinski definition) is 0. The average Bonchev–Trinajstić information content (AvgIpc) is 3.75. The van der Waals surface area contributed by atoms with E-state index in [1.807, 2.05) is 20.8 Å². The lowest BCUT2D eigenvalue weighted by molar-refractivity contribution is -0.475. The summed E-state index contributed by atoms with van der Waals surface area (Å²) in [7, 11) is 1.31. The second-order valence-electron chi connectivity index (χ2n) is 17.2. The number of furan rings is 1. The Balaban J connectivity index is 1.61. The van der Waals surface area contributed by atoms with E-state index in [0.29, 0.717) is 5.56 Å². The van der Waals surface area contributed by atoms with Crippen LogP contribution in [0.4, 0.5) is 0 Å². The van der Waals surface area contributed by atoms with E-state index in [9.17, 15) is 24.0 Å². The first-order valence-corrected chi connectivity index (χ1v) is 18.0. The van der Waals surface area contributed by atoms with Crippen molar-refractivity contribution in [1.29, 1.82) is 0 Å². The van der Waals surface area contributed by atoms with E-state index in [2.05, 4.69) is 0 Å². The highest BCUT2D eigenvalue weighted by Crippen LogP contribution is 2.89. The van der Waals surface area contributed by atoms with E-state index in [4.69, 9.17) is 37.6 Å². The van der Waals surface area contributed by atoms with Gasteiger partial charge in [-0.1, -0.05) is 62.3 Å². The summed E-state index contributed by atoms with van der Waals surface area (Å²) >= 11 is 0. The van der Waals surface area contributed by atoms with Crippen LogP contribution in [-0.4, -0.2) is 77.4 Å². The van der Waals surface area contributed by atoms with Crippen LogP contribution < -0.4 is 0 Å². The van der Waals surface area contributed by atoms with Crippen LogP contribution in [-0.2, 0) is 52.3 Å².